The third-order valence-corrected chi connectivity index (χ3v) is 2.46. The number of hydrogen-bond donors (Lipinski definition) is 1. The molecule has 2 N–H and O–H groups in total. The zero-order valence-electron chi connectivity index (χ0n) is 9.23. The van der Waals surface area contributed by atoms with Gasteiger partial charge in [-0.05, 0) is 19.8 Å². The largest absolute Gasteiger partial charge is 0.310 e. The van der Waals surface area contributed by atoms with Gasteiger partial charge in [0.15, 0.2) is 0 Å². The van der Waals surface area contributed by atoms with E-state index < -0.39 is 4.92 Å². The summed E-state index contributed by atoms with van der Waals surface area (Å²) in [6.07, 6.45) is 0.868. The molecule has 1 rings (SSSR count). The van der Waals surface area contributed by atoms with Crippen LogP contribution in [0, 0.1) is 10.1 Å². The number of aliphatic imine (C=N–C) groups is 1. The Hall–Kier alpha value is -1.43. The summed E-state index contributed by atoms with van der Waals surface area (Å²) < 4.78 is 0. The van der Waals surface area contributed by atoms with Crippen LogP contribution in [0.2, 0.25) is 0 Å². The van der Waals surface area contributed by atoms with Gasteiger partial charge in [0.2, 0.25) is 0 Å². The number of nitrogens with zero attached hydrogens (tertiary/aromatic N) is 3. The summed E-state index contributed by atoms with van der Waals surface area (Å²) in [4.78, 5) is 14.7. The zero-order valence-corrected chi connectivity index (χ0v) is 9.23. The third-order valence-electron chi connectivity index (χ3n) is 2.46. The molecule has 0 fully saturated rings. The molecule has 84 valence electrons. The van der Waals surface area contributed by atoms with Gasteiger partial charge in [-0.3, -0.25) is 20.1 Å². The minimum atomic E-state index is -0.396. The van der Waals surface area contributed by atoms with E-state index in [4.69, 9.17) is 5.84 Å². The molecule has 0 aromatic heterocycles. The standard InChI is InChI=1S/C9H16N4O2/c1-4-7-9(13(14)15)8(5-2)12(10)6(3)11-7/h6H,4-5,10H2,1-3H3. The Bertz CT molecular complexity index is 335. The van der Waals surface area contributed by atoms with Crippen molar-refractivity contribution in [2.75, 3.05) is 0 Å². The molecule has 0 bridgehead atoms. The Morgan fingerprint density at radius 3 is 2.53 bits per heavy atom. The van der Waals surface area contributed by atoms with Crippen molar-refractivity contribution in [1.29, 1.82) is 0 Å². The van der Waals surface area contributed by atoms with Crippen LogP contribution in [0.3, 0.4) is 0 Å². The lowest BCUT2D eigenvalue weighted by Crippen LogP contribution is -2.43. The van der Waals surface area contributed by atoms with Crippen molar-refractivity contribution in [3.8, 4) is 0 Å². The summed E-state index contributed by atoms with van der Waals surface area (Å²) >= 11 is 0. The Labute approximate surface area is 88.6 Å². The number of hydrogen-bond acceptors (Lipinski definition) is 5. The highest BCUT2D eigenvalue weighted by atomic mass is 16.6. The van der Waals surface area contributed by atoms with E-state index in [1.807, 2.05) is 20.8 Å². The van der Waals surface area contributed by atoms with Crippen LogP contribution in [0.4, 0.5) is 0 Å². The molecule has 0 radical (unpaired) electrons. The molecular formula is C9H16N4O2. The van der Waals surface area contributed by atoms with E-state index in [2.05, 4.69) is 4.99 Å². The lowest BCUT2D eigenvalue weighted by atomic mass is 10.1. The van der Waals surface area contributed by atoms with Crippen molar-refractivity contribution in [2.45, 2.75) is 39.8 Å². The van der Waals surface area contributed by atoms with Crippen molar-refractivity contribution >= 4 is 5.71 Å². The van der Waals surface area contributed by atoms with E-state index in [0.29, 0.717) is 24.3 Å². The maximum atomic E-state index is 10.9. The van der Waals surface area contributed by atoms with Gasteiger partial charge in [0.1, 0.15) is 17.6 Å². The molecule has 1 heterocycles. The molecule has 0 amide bonds. The van der Waals surface area contributed by atoms with Crippen molar-refractivity contribution in [3.05, 3.63) is 21.5 Å². The third kappa shape index (κ3) is 1.99. The highest BCUT2D eigenvalue weighted by molar-refractivity contribution is 5.99. The molecule has 0 aliphatic carbocycles. The molecule has 6 heteroatoms. The van der Waals surface area contributed by atoms with E-state index >= 15 is 0 Å². The van der Waals surface area contributed by atoms with Gasteiger partial charge in [-0.2, -0.15) is 0 Å². The maximum absolute atomic E-state index is 10.9. The van der Waals surface area contributed by atoms with Crippen molar-refractivity contribution in [1.82, 2.24) is 5.01 Å². The minimum absolute atomic E-state index is 0.0700. The van der Waals surface area contributed by atoms with E-state index in [1.54, 1.807) is 0 Å². The van der Waals surface area contributed by atoms with Crippen LogP contribution in [0.25, 0.3) is 0 Å². The van der Waals surface area contributed by atoms with Gasteiger partial charge in [0, 0.05) is 0 Å². The first-order valence-electron chi connectivity index (χ1n) is 5.01. The number of nitro groups is 1. The molecule has 1 unspecified atom stereocenters. The molecule has 1 atom stereocenters. The van der Waals surface area contributed by atoms with Crippen LogP contribution >= 0.6 is 0 Å². The number of nitrogens with two attached hydrogens (primary N) is 1. The molecule has 0 spiro atoms. The van der Waals surface area contributed by atoms with Crippen LogP contribution in [-0.4, -0.2) is 21.8 Å². The summed E-state index contributed by atoms with van der Waals surface area (Å²) in [5.41, 5.74) is 1.16. The first-order valence-corrected chi connectivity index (χ1v) is 5.01. The summed E-state index contributed by atoms with van der Waals surface area (Å²) in [5.74, 6) is 5.74. The molecule has 1 aliphatic rings. The van der Waals surface area contributed by atoms with Crippen LogP contribution in [0.5, 0.6) is 0 Å². The van der Waals surface area contributed by atoms with Crippen LogP contribution in [-0.2, 0) is 0 Å². The van der Waals surface area contributed by atoms with E-state index in [-0.39, 0.29) is 11.9 Å². The lowest BCUT2D eigenvalue weighted by molar-refractivity contribution is -0.418. The highest BCUT2D eigenvalue weighted by Gasteiger charge is 2.32. The lowest BCUT2D eigenvalue weighted by Gasteiger charge is -2.29. The van der Waals surface area contributed by atoms with Crippen LogP contribution in [0.1, 0.15) is 33.6 Å². The number of rotatable bonds is 3. The summed E-state index contributed by atoms with van der Waals surface area (Å²) in [6, 6.07) is 0. The first kappa shape index (κ1) is 11.6. The fourth-order valence-corrected chi connectivity index (χ4v) is 1.68. The SMILES string of the molecule is CCC1=NC(C)N(N)C(CC)=C1[N+](=O)[O-]. The predicted octanol–water partition coefficient (Wildman–Crippen LogP) is 1.27. The molecule has 0 aromatic rings. The summed E-state index contributed by atoms with van der Waals surface area (Å²) in [5, 5.41) is 12.3. The minimum Gasteiger partial charge on any atom is -0.284 e. The van der Waals surface area contributed by atoms with E-state index in [0.717, 1.165) is 0 Å². The monoisotopic (exact) mass is 212 g/mol. The van der Waals surface area contributed by atoms with Crippen molar-refractivity contribution in [2.24, 2.45) is 10.8 Å². The molecular weight excluding hydrogens is 196 g/mol. The summed E-state index contributed by atoms with van der Waals surface area (Å²) in [7, 11) is 0. The fraction of sp³-hybridized carbons (Fsp3) is 0.667. The molecule has 15 heavy (non-hydrogen) atoms. The molecule has 0 aromatic carbocycles. The van der Waals surface area contributed by atoms with E-state index in [1.165, 1.54) is 5.01 Å². The highest BCUT2D eigenvalue weighted by Crippen LogP contribution is 2.23. The quantitative estimate of drug-likeness (QED) is 0.433. The summed E-state index contributed by atoms with van der Waals surface area (Å²) in [6.45, 7) is 5.53. The zero-order chi connectivity index (χ0) is 11.6. The van der Waals surface area contributed by atoms with Gasteiger partial charge in [0.05, 0.1) is 4.92 Å². The van der Waals surface area contributed by atoms with Gasteiger partial charge in [-0.15, -0.1) is 0 Å². The molecule has 6 nitrogen and oxygen atoms in total. The van der Waals surface area contributed by atoms with Gasteiger partial charge in [0.25, 0.3) is 0 Å². The maximum Gasteiger partial charge on any atom is 0.310 e. The Kier molecular flexibility index (Phi) is 3.41. The molecule has 1 aliphatic heterocycles. The van der Waals surface area contributed by atoms with Crippen molar-refractivity contribution < 1.29 is 4.92 Å². The second-order valence-corrected chi connectivity index (χ2v) is 3.37. The van der Waals surface area contributed by atoms with Crippen LogP contribution in [0.15, 0.2) is 16.4 Å². The normalized spacial score (nSPS) is 21.7. The van der Waals surface area contributed by atoms with Gasteiger partial charge >= 0.3 is 5.70 Å². The Balaban J connectivity index is 3.26. The van der Waals surface area contributed by atoms with Gasteiger partial charge in [-0.1, -0.05) is 13.8 Å². The molecule has 0 saturated heterocycles. The fourth-order valence-electron chi connectivity index (χ4n) is 1.68. The van der Waals surface area contributed by atoms with Crippen LogP contribution < -0.4 is 5.84 Å². The average molecular weight is 212 g/mol. The topological polar surface area (TPSA) is 84.8 Å². The van der Waals surface area contributed by atoms with Crippen molar-refractivity contribution in [3.63, 3.8) is 0 Å². The number of allylic oxidation sites excluding steroid dienone is 2. The molecule has 0 saturated carbocycles. The van der Waals surface area contributed by atoms with Gasteiger partial charge < -0.3 is 0 Å². The first-order chi connectivity index (χ1) is 7.02. The predicted molar refractivity (Wildman–Crippen MR) is 57.5 cm³/mol. The smallest absolute Gasteiger partial charge is 0.284 e. The van der Waals surface area contributed by atoms with E-state index in [9.17, 15) is 10.1 Å². The Morgan fingerprint density at radius 1 is 1.53 bits per heavy atom. The van der Waals surface area contributed by atoms with Gasteiger partial charge in [-0.25, -0.2) is 5.84 Å². The second-order valence-electron chi connectivity index (χ2n) is 3.37. The Morgan fingerprint density at radius 2 is 2.13 bits per heavy atom. The average Bonchev–Trinajstić information content (AvgIpc) is 2.20. The number of hydrazine groups is 1. The second kappa shape index (κ2) is 4.39.